The van der Waals surface area contributed by atoms with Crippen molar-refractivity contribution in [2.24, 2.45) is 0 Å². The molecule has 0 aliphatic heterocycles. The molecule has 0 unspecified atom stereocenters. The van der Waals surface area contributed by atoms with Gasteiger partial charge in [-0.05, 0) is 49.6 Å². The highest BCUT2D eigenvalue weighted by Crippen LogP contribution is 2.29. The summed E-state index contributed by atoms with van der Waals surface area (Å²) in [6.45, 7) is 3.72. The second-order valence-corrected chi connectivity index (χ2v) is 7.50. The fraction of sp³-hybridized carbons (Fsp3) is 0.100. The number of aromatic amines is 1. The normalized spacial score (nSPS) is 11.0. The Morgan fingerprint density at radius 2 is 1.93 bits per heavy atom. The number of nitrogens with one attached hydrogen (secondary N) is 2. The van der Waals surface area contributed by atoms with Gasteiger partial charge in [0.2, 0.25) is 0 Å². The van der Waals surface area contributed by atoms with Gasteiger partial charge < -0.3 is 9.71 Å². The minimum Gasteiger partial charge on any atom is -0.340 e. The number of fused-ring (bicyclic) bond motifs is 1. The Morgan fingerprint density at radius 1 is 1.11 bits per heavy atom. The molecule has 8 heteroatoms. The number of aromatic nitrogens is 4. The predicted octanol–water partition coefficient (Wildman–Crippen LogP) is 4.97. The molecule has 28 heavy (non-hydrogen) atoms. The SMILES string of the molecule is Cc1nc(NSc2ccc(C(=O)c3ccccc3C)c(Cl)c2)c2[nH]cnc2n1. The monoisotopic (exact) mass is 409 g/mol. The van der Waals surface area contributed by atoms with Crippen molar-refractivity contribution in [3.05, 3.63) is 76.3 Å². The molecule has 2 heterocycles. The highest BCUT2D eigenvalue weighted by atomic mass is 35.5. The van der Waals surface area contributed by atoms with Gasteiger partial charge in [-0.1, -0.05) is 35.9 Å². The highest BCUT2D eigenvalue weighted by Gasteiger charge is 2.15. The minimum atomic E-state index is -0.0850. The van der Waals surface area contributed by atoms with E-state index in [-0.39, 0.29) is 5.78 Å². The summed E-state index contributed by atoms with van der Waals surface area (Å²) in [5, 5.41) is 0.408. The molecule has 0 saturated carbocycles. The first-order chi connectivity index (χ1) is 13.5. The summed E-state index contributed by atoms with van der Waals surface area (Å²) in [6.07, 6.45) is 1.58. The maximum Gasteiger partial charge on any atom is 0.194 e. The molecule has 0 atom stereocenters. The van der Waals surface area contributed by atoms with Crippen LogP contribution in [0.4, 0.5) is 5.82 Å². The zero-order chi connectivity index (χ0) is 19.7. The van der Waals surface area contributed by atoms with Crippen LogP contribution in [-0.4, -0.2) is 25.7 Å². The van der Waals surface area contributed by atoms with E-state index in [0.29, 0.717) is 33.4 Å². The molecule has 4 aromatic rings. The van der Waals surface area contributed by atoms with Crippen LogP contribution >= 0.6 is 23.5 Å². The maximum atomic E-state index is 12.8. The van der Waals surface area contributed by atoms with Gasteiger partial charge in [-0.3, -0.25) is 4.79 Å². The Bertz CT molecular complexity index is 1190. The van der Waals surface area contributed by atoms with Crippen molar-refractivity contribution in [2.45, 2.75) is 18.7 Å². The van der Waals surface area contributed by atoms with Crippen LogP contribution in [-0.2, 0) is 0 Å². The molecule has 6 nitrogen and oxygen atoms in total. The van der Waals surface area contributed by atoms with Gasteiger partial charge in [0.15, 0.2) is 17.2 Å². The smallest absolute Gasteiger partial charge is 0.194 e. The Kier molecular flexibility index (Phi) is 5.02. The number of hydrogen-bond acceptors (Lipinski definition) is 6. The summed E-state index contributed by atoms with van der Waals surface area (Å²) in [5.41, 5.74) is 3.39. The number of ketones is 1. The standard InChI is InChI=1S/C20H16ClN5OS/c1-11-5-3-4-6-14(11)18(27)15-8-7-13(9-16(15)21)28-26-20-17-19(23-10-22-17)24-12(2)25-20/h3-10H,1-2H3,(H2,22,23,24,25,26). The molecule has 0 radical (unpaired) electrons. The average molecular weight is 410 g/mol. The van der Waals surface area contributed by atoms with Crippen LogP contribution in [0.25, 0.3) is 11.2 Å². The first kappa shape index (κ1) is 18.5. The maximum absolute atomic E-state index is 12.8. The Hall–Kier alpha value is -2.90. The third kappa shape index (κ3) is 3.58. The van der Waals surface area contributed by atoms with Crippen molar-refractivity contribution in [1.82, 2.24) is 19.9 Å². The van der Waals surface area contributed by atoms with Crippen molar-refractivity contribution in [2.75, 3.05) is 4.72 Å². The van der Waals surface area contributed by atoms with Crippen molar-refractivity contribution in [1.29, 1.82) is 0 Å². The van der Waals surface area contributed by atoms with E-state index < -0.39 is 0 Å². The average Bonchev–Trinajstić information content (AvgIpc) is 3.14. The number of H-pyrrole nitrogens is 1. The summed E-state index contributed by atoms with van der Waals surface area (Å²) >= 11 is 7.76. The lowest BCUT2D eigenvalue weighted by molar-refractivity contribution is 0.103. The molecule has 0 aliphatic carbocycles. The molecule has 140 valence electrons. The van der Waals surface area contributed by atoms with E-state index in [1.807, 2.05) is 44.2 Å². The van der Waals surface area contributed by atoms with Crippen LogP contribution in [0.15, 0.2) is 53.7 Å². The van der Waals surface area contributed by atoms with Gasteiger partial charge >= 0.3 is 0 Å². The van der Waals surface area contributed by atoms with Gasteiger partial charge in [-0.15, -0.1) is 0 Å². The van der Waals surface area contributed by atoms with Gasteiger partial charge in [0.05, 0.1) is 11.3 Å². The number of benzene rings is 2. The Balaban J connectivity index is 1.56. The lowest BCUT2D eigenvalue weighted by Gasteiger charge is -2.09. The zero-order valence-electron chi connectivity index (χ0n) is 15.2. The summed E-state index contributed by atoms with van der Waals surface area (Å²) < 4.78 is 3.20. The fourth-order valence-electron chi connectivity index (χ4n) is 2.84. The molecule has 0 spiro atoms. The van der Waals surface area contributed by atoms with Crippen LogP contribution < -0.4 is 4.72 Å². The number of rotatable bonds is 5. The van der Waals surface area contributed by atoms with Crippen LogP contribution in [0, 0.1) is 13.8 Å². The predicted molar refractivity (Wildman–Crippen MR) is 112 cm³/mol. The van der Waals surface area contributed by atoms with E-state index in [0.717, 1.165) is 16.0 Å². The van der Waals surface area contributed by atoms with Crippen molar-refractivity contribution < 1.29 is 4.79 Å². The number of hydrogen-bond donors (Lipinski definition) is 2. The number of anilines is 1. The van der Waals surface area contributed by atoms with E-state index in [2.05, 4.69) is 24.7 Å². The van der Waals surface area contributed by atoms with Gasteiger partial charge in [-0.25, -0.2) is 15.0 Å². The van der Waals surface area contributed by atoms with E-state index in [9.17, 15) is 4.79 Å². The number of imidazole rings is 1. The zero-order valence-corrected chi connectivity index (χ0v) is 16.7. The Labute approximate surface area is 170 Å². The molecule has 4 rings (SSSR count). The summed E-state index contributed by atoms with van der Waals surface area (Å²) in [7, 11) is 0. The molecule has 2 N–H and O–H groups in total. The van der Waals surface area contributed by atoms with Crippen molar-refractivity contribution in [3.63, 3.8) is 0 Å². The molecule has 0 fully saturated rings. The highest BCUT2D eigenvalue weighted by molar-refractivity contribution is 8.00. The van der Waals surface area contributed by atoms with E-state index >= 15 is 0 Å². The molecule has 0 bridgehead atoms. The molecular formula is C20H16ClN5OS. The molecule has 2 aromatic carbocycles. The topological polar surface area (TPSA) is 83.6 Å². The summed E-state index contributed by atoms with van der Waals surface area (Å²) in [4.78, 5) is 29.5. The molecule has 0 saturated heterocycles. The minimum absolute atomic E-state index is 0.0850. The summed E-state index contributed by atoms with van der Waals surface area (Å²) in [5.74, 6) is 1.18. The molecule has 0 amide bonds. The van der Waals surface area contributed by atoms with Gasteiger partial charge in [-0.2, -0.15) is 0 Å². The number of aryl methyl sites for hydroxylation is 2. The lowest BCUT2D eigenvalue weighted by atomic mass is 9.99. The number of carbonyl (C=O) groups excluding carboxylic acids is 1. The number of halogens is 1. The van der Waals surface area contributed by atoms with E-state index in [4.69, 9.17) is 11.6 Å². The largest absolute Gasteiger partial charge is 0.340 e. The first-order valence-corrected chi connectivity index (χ1v) is 9.73. The van der Waals surface area contributed by atoms with Crippen LogP contribution in [0.2, 0.25) is 5.02 Å². The molecular weight excluding hydrogens is 394 g/mol. The fourth-order valence-corrected chi connectivity index (χ4v) is 3.85. The van der Waals surface area contributed by atoms with Crippen LogP contribution in [0.3, 0.4) is 0 Å². The number of carbonyl (C=O) groups is 1. The van der Waals surface area contributed by atoms with Crippen LogP contribution in [0.1, 0.15) is 27.3 Å². The Morgan fingerprint density at radius 3 is 2.71 bits per heavy atom. The summed E-state index contributed by atoms with van der Waals surface area (Å²) in [6, 6.07) is 12.8. The quantitative estimate of drug-likeness (QED) is 0.357. The van der Waals surface area contributed by atoms with Gasteiger partial charge in [0, 0.05) is 16.0 Å². The second kappa shape index (κ2) is 7.61. The van der Waals surface area contributed by atoms with Crippen molar-refractivity contribution in [3.8, 4) is 0 Å². The molecule has 2 aromatic heterocycles. The third-order valence-corrected chi connectivity index (χ3v) is 5.34. The molecule has 0 aliphatic rings. The first-order valence-electron chi connectivity index (χ1n) is 8.53. The second-order valence-electron chi connectivity index (χ2n) is 6.21. The third-order valence-electron chi connectivity index (χ3n) is 4.24. The number of nitrogens with zero attached hydrogens (tertiary/aromatic N) is 3. The van der Waals surface area contributed by atoms with Gasteiger partial charge in [0.25, 0.3) is 0 Å². The van der Waals surface area contributed by atoms with E-state index in [1.54, 1.807) is 18.5 Å². The van der Waals surface area contributed by atoms with Crippen LogP contribution in [0.5, 0.6) is 0 Å². The lowest BCUT2D eigenvalue weighted by Crippen LogP contribution is -2.04. The van der Waals surface area contributed by atoms with Crippen molar-refractivity contribution >= 4 is 46.3 Å². The van der Waals surface area contributed by atoms with E-state index in [1.165, 1.54) is 11.9 Å². The van der Waals surface area contributed by atoms with Gasteiger partial charge in [0.1, 0.15) is 11.3 Å².